The number of rotatable bonds is 74. The van der Waals surface area contributed by atoms with Crippen molar-refractivity contribution < 1.29 is 80.2 Å². The van der Waals surface area contributed by atoms with Gasteiger partial charge in [0.15, 0.2) is 12.2 Å². The summed E-state index contributed by atoms with van der Waals surface area (Å²) in [5, 5.41) is 10.6. The molecule has 0 saturated heterocycles. The minimum Gasteiger partial charge on any atom is -0.462 e. The maximum Gasteiger partial charge on any atom is 0.472 e. The number of hydrogen-bond acceptors (Lipinski definition) is 15. The smallest absolute Gasteiger partial charge is 0.462 e. The summed E-state index contributed by atoms with van der Waals surface area (Å²) in [6.07, 6.45) is 60.3. The van der Waals surface area contributed by atoms with Crippen LogP contribution in [-0.2, 0) is 65.4 Å². The number of phosphoric acid groups is 2. The predicted octanol–water partition coefficient (Wildman–Crippen LogP) is 22.0. The Hall–Kier alpha value is -2.46. The van der Waals surface area contributed by atoms with Crippen molar-refractivity contribution in [3.8, 4) is 0 Å². The minimum absolute atomic E-state index is 0.101. The van der Waals surface area contributed by atoms with Crippen molar-refractivity contribution in [2.24, 2.45) is 5.92 Å². The topological polar surface area (TPSA) is 237 Å². The Bertz CT molecular complexity index is 1920. The summed E-state index contributed by atoms with van der Waals surface area (Å²) >= 11 is 0. The summed E-state index contributed by atoms with van der Waals surface area (Å²) < 4.78 is 68.5. The number of carbonyl (C=O) groups excluding carboxylic acids is 4. The van der Waals surface area contributed by atoms with Crippen molar-refractivity contribution in [2.45, 2.75) is 393 Å². The molecule has 0 rings (SSSR count). The molecule has 0 fully saturated rings. The van der Waals surface area contributed by atoms with Crippen molar-refractivity contribution in [1.29, 1.82) is 0 Å². The molecule has 0 heterocycles. The zero-order valence-corrected chi connectivity index (χ0v) is 63.1. The van der Waals surface area contributed by atoms with Crippen molar-refractivity contribution in [3.63, 3.8) is 0 Å². The molecule has 3 N–H and O–H groups in total. The van der Waals surface area contributed by atoms with Crippen LogP contribution in [-0.4, -0.2) is 96.7 Å². The fraction of sp³-hybridized carbons (Fsp3) is 0.895. The van der Waals surface area contributed by atoms with Gasteiger partial charge >= 0.3 is 39.5 Å². The first-order valence-electron chi connectivity index (χ1n) is 39.0. The first kappa shape index (κ1) is 92.5. The van der Waals surface area contributed by atoms with Crippen molar-refractivity contribution in [1.82, 2.24) is 0 Å². The van der Waals surface area contributed by atoms with Crippen LogP contribution < -0.4 is 0 Å². The second-order valence-corrected chi connectivity index (χ2v) is 30.1. The Labute approximate surface area is 580 Å². The van der Waals surface area contributed by atoms with E-state index in [1.807, 2.05) is 0 Å². The summed E-state index contributed by atoms with van der Waals surface area (Å²) in [7, 11) is -9.92. The molecule has 5 atom stereocenters. The number of unbranched alkanes of at least 4 members (excludes halogenated alkanes) is 43. The van der Waals surface area contributed by atoms with E-state index in [-0.39, 0.29) is 25.7 Å². The lowest BCUT2D eigenvalue weighted by atomic mass is 10.0. The molecule has 95 heavy (non-hydrogen) atoms. The number of aliphatic hydroxyl groups excluding tert-OH is 1. The van der Waals surface area contributed by atoms with Crippen LogP contribution in [0.3, 0.4) is 0 Å². The minimum atomic E-state index is -4.96. The van der Waals surface area contributed by atoms with Gasteiger partial charge in [-0.15, -0.1) is 0 Å². The van der Waals surface area contributed by atoms with E-state index >= 15 is 0 Å². The van der Waals surface area contributed by atoms with E-state index < -0.39 is 97.5 Å². The maximum atomic E-state index is 13.1. The van der Waals surface area contributed by atoms with Crippen LogP contribution in [0.4, 0.5) is 0 Å². The second-order valence-electron chi connectivity index (χ2n) is 27.2. The van der Waals surface area contributed by atoms with E-state index in [1.54, 1.807) is 0 Å². The Balaban J connectivity index is 5.28. The van der Waals surface area contributed by atoms with Gasteiger partial charge in [-0.25, -0.2) is 9.13 Å². The van der Waals surface area contributed by atoms with Gasteiger partial charge in [-0.3, -0.25) is 37.3 Å². The van der Waals surface area contributed by atoms with E-state index in [4.69, 9.17) is 37.0 Å². The van der Waals surface area contributed by atoms with E-state index in [0.29, 0.717) is 25.7 Å². The third-order valence-corrected chi connectivity index (χ3v) is 19.1. The zero-order valence-electron chi connectivity index (χ0n) is 61.3. The van der Waals surface area contributed by atoms with Crippen LogP contribution in [0.2, 0.25) is 0 Å². The fourth-order valence-electron chi connectivity index (χ4n) is 11.2. The van der Waals surface area contributed by atoms with Gasteiger partial charge in [-0.1, -0.05) is 322 Å². The highest BCUT2D eigenvalue weighted by molar-refractivity contribution is 7.47. The number of aliphatic hydroxyl groups is 1. The number of carbonyl (C=O) groups is 4. The largest absolute Gasteiger partial charge is 0.472 e. The Morgan fingerprint density at radius 3 is 0.863 bits per heavy atom. The summed E-state index contributed by atoms with van der Waals surface area (Å²) in [5.74, 6) is -1.36. The molecule has 19 heteroatoms. The van der Waals surface area contributed by atoms with Crippen LogP contribution in [0.25, 0.3) is 0 Å². The Morgan fingerprint density at radius 2 is 0.568 bits per heavy atom. The molecular formula is C76H144O17P2. The Kier molecular flexibility index (Phi) is 66.9. The van der Waals surface area contributed by atoms with Crippen LogP contribution in [0.1, 0.15) is 375 Å². The average molecular weight is 1390 g/mol. The van der Waals surface area contributed by atoms with Gasteiger partial charge in [0.25, 0.3) is 0 Å². The lowest BCUT2D eigenvalue weighted by Gasteiger charge is -2.21. The highest BCUT2D eigenvalue weighted by Crippen LogP contribution is 2.45. The van der Waals surface area contributed by atoms with Gasteiger partial charge in [0.1, 0.15) is 19.3 Å². The molecule has 0 radical (unpaired) electrons. The molecule has 0 saturated carbocycles. The Morgan fingerprint density at radius 1 is 0.326 bits per heavy atom. The number of phosphoric ester groups is 2. The van der Waals surface area contributed by atoms with Gasteiger partial charge in [0, 0.05) is 25.7 Å². The van der Waals surface area contributed by atoms with Gasteiger partial charge < -0.3 is 33.8 Å². The lowest BCUT2D eigenvalue weighted by Crippen LogP contribution is -2.30. The lowest BCUT2D eigenvalue weighted by molar-refractivity contribution is -0.161. The highest BCUT2D eigenvalue weighted by Gasteiger charge is 2.30. The molecule has 560 valence electrons. The first-order chi connectivity index (χ1) is 46.0. The fourth-order valence-corrected chi connectivity index (χ4v) is 12.7. The summed E-state index contributed by atoms with van der Waals surface area (Å²) in [5.41, 5.74) is 0. The summed E-state index contributed by atoms with van der Waals surface area (Å²) in [6.45, 7) is 7.24. The van der Waals surface area contributed by atoms with Crippen LogP contribution in [0.5, 0.6) is 0 Å². The maximum absolute atomic E-state index is 13.1. The number of allylic oxidation sites excluding steroid dienone is 4. The number of ether oxygens (including phenoxy) is 4. The molecule has 0 aromatic rings. The van der Waals surface area contributed by atoms with E-state index in [2.05, 4.69) is 58.9 Å². The molecule has 0 aliphatic heterocycles. The molecule has 2 unspecified atom stereocenters. The quantitative estimate of drug-likeness (QED) is 0.0169. The monoisotopic (exact) mass is 1390 g/mol. The molecule has 0 aromatic carbocycles. The summed E-state index contributed by atoms with van der Waals surface area (Å²) in [6, 6.07) is 0. The predicted molar refractivity (Wildman–Crippen MR) is 386 cm³/mol. The van der Waals surface area contributed by atoms with Crippen molar-refractivity contribution in [2.75, 3.05) is 39.6 Å². The molecule has 0 spiro atoms. The third kappa shape index (κ3) is 69.8. The van der Waals surface area contributed by atoms with Gasteiger partial charge in [-0.05, 0) is 57.3 Å². The zero-order chi connectivity index (χ0) is 69.8. The molecule has 0 aliphatic carbocycles. The molecule has 17 nitrogen and oxygen atoms in total. The van der Waals surface area contributed by atoms with Crippen LogP contribution >= 0.6 is 15.6 Å². The van der Waals surface area contributed by atoms with E-state index in [1.165, 1.54) is 180 Å². The molecule has 0 bridgehead atoms. The van der Waals surface area contributed by atoms with E-state index in [0.717, 1.165) is 115 Å². The SMILES string of the molecule is CCCCCC/C=C\C=C/CCCCCCCC(=O)OC[C@H](COP(=O)(O)OC[C@@H](O)COP(=O)(O)OC[C@@H](COC(=O)CCCCCCCCCCCC)OC(=O)CCCCCCCCCCCCCCCC)OC(=O)CCCCCCCCCCCCCCCC(C)C. The van der Waals surface area contributed by atoms with Gasteiger partial charge in [-0.2, -0.15) is 0 Å². The average Bonchev–Trinajstić information content (AvgIpc) is 3.25. The number of esters is 4. The van der Waals surface area contributed by atoms with Crippen LogP contribution in [0.15, 0.2) is 24.3 Å². The van der Waals surface area contributed by atoms with Crippen LogP contribution in [0, 0.1) is 5.92 Å². The molecule has 0 aliphatic rings. The first-order valence-corrected chi connectivity index (χ1v) is 41.9. The normalized spacial score (nSPS) is 14.1. The molecular weight excluding hydrogens is 1250 g/mol. The molecule has 0 amide bonds. The van der Waals surface area contributed by atoms with Gasteiger partial charge in [0.2, 0.25) is 0 Å². The number of hydrogen-bond donors (Lipinski definition) is 3. The highest BCUT2D eigenvalue weighted by atomic mass is 31.2. The van der Waals surface area contributed by atoms with Gasteiger partial charge in [0.05, 0.1) is 26.4 Å². The summed E-state index contributed by atoms with van der Waals surface area (Å²) in [4.78, 5) is 72.8. The van der Waals surface area contributed by atoms with E-state index in [9.17, 15) is 43.2 Å². The molecule has 0 aromatic heterocycles. The second kappa shape index (κ2) is 68.7. The van der Waals surface area contributed by atoms with Crippen molar-refractivity contribution in [3.05, 3.63) is 24.3 Å². The standard InChI is InChI=1S/C76H144O17P2/c1-6-9-12-15-18-21-24-26-28-32-35-40-45-50-55-60-74(79)87-66-72(93-76(81)62-57-52-47-42-37-33-29-30-34-38-43-48-53-58-69(4)5)68-91-95(84,85)89-64-70(77)63-88-94(82,83)90-67-71(65-86-73(78)59-54-49-44-39-23-20-17-14-11-8-3)92-75(80)61-56-51-46-41-36-31-27-25-22-19-16-13-10-7-2/h21,24,26,28,69-72,77H,6-20,22-23,25,27,29-68H2,1-5H3,(H,82,83)(H,84,85)/b24-21-,28-26-/t70-,71+,72+/m0/s1. The third-order valence-electron chi connectivity index (χ3n) is 17.2. The van der Waals surface area contributed by atoms with Crippen molar-refractivity contribution >= 4 is 39.5 Å².